The fourth-order valence-corrected chi connectivity index (χ4v) is 3.51. The summed E-state index contributed by atoms with van der Waals surface area (Å²) in [4.78, 5) is 9.68. The Morgan fingerprint density at radius 3 is 2.50 bits per heavy atom. The summed E-state index contributed by atoms with van der Waals surface area (Å²) in [5.41, 5.74) is 0.532. The number of piperidine rings is 1. The Balaban J connectivity index is 1.74. The molecular formula is C13H17ClFN3. The highest BCUT2D eigenvalue weighted by atomic mass is 35.5. The van der Waals surface area contributed by atoms with Crippen molar-refractivity contribution in [3.05, 3.63) is 17.3 Å². The lowest BCUT2D eigenvalue weighted by Crippen LogP contribution is -2.39. The molecule has 1 saturated carbocycles. The third kappa shape index (κ3) is 2.18. The third-order valence-corrected chi connectivity index (χ3v) is 4.67. The smallest absolute Gasteiger partial charge is 0.224 e. The molecule has 1 spiro atoms. The minimum atomic E-state index is -0.373. The monoisotopic (exact) mass is 269 g/mol. The predicted octanol–water partition coefficient (Wildman–Crippen LogP) is 3.43. The lowest BCUT2D eigenvalue weighted by atomic mass is 9.77. The van der Waals surface area contributed by atoms with E-state index in [2.05, 4.69) is 9.97 Å². The van der Waals surface area contributed by atoms with Gasteiger partial charge in [0.1, 0.15) is 0 Å². The zero-order valence-electron chi connectivity index (χ0n) is 10.3. The first-order chi connectivity index (χ1) is 8.69. The lowest BCUT2D eigenvalue weighted by molar-refractivity contribution is 0.225. The number of anilines is 1. The number of aromatic nitrogens is 2. The molecule has 3 nitrogen and oxygen atoms in total. The number of hydrogen-bond donors (Lipinski definition) is 0. The molecule has 2 aliphatic rings. The van der Waals surface area contributed by atoms with Gasteiger partial charge < -0.3 is 4.90 Å². The minimum Gasteiger partial charge on any atom is -0.354 e. The van der Waals surface area contributed by atoms with Gasteiger partial charge in [-0.3, -0.25) is 0 Å². The Labute approximate surface area is 111 Å². The van der Waals surface area contributed by atoms with Crippen LogP contribution in [0.25, 0.3) is 0 Å². The van der Waals surface area contributed by atoms with Gasteiger partial charge in [-0.15, -0.1) is 0 Å². The zero-order valence-corrected chi connectivity index (χ0v) is 11.1. The second-order valence-electron chi connectivity index (χ2n) is 5.50. The van der Waals surface area contributed by atoms with Gasteiger partial charge >= 0.3 is 0 Å². The van der Waals surface area contributed by atoms with Crippen LogP contribution < -0.4 is 4.90 Å². The molecule has 1 aromatic rings. The van der Waals surface area contributed by atoms with Gasteiger partial charge in [-0.1, -0.05) is 12.8 Å². The van der Waals surface area contributed by atoms with E-state index >= 15 is 0 Å². The van der Waals surface area contributed by atoms with Crippen LogP contribution in [0.4, 0.5) is 10.2 Å². The van der Waals surface area contributed by atoms with E-state index in [4.69, 9.17) is 11.6 Å². The molecule has 3 rings (SSSR count). The van der Waals surface area contributed by atoms with Crippen LogP contribution in [0.1, 0.15) is 38.5 Å². The fourth-order valence-electron chi connectivity index (χ4n) is 3.38. The largest absolute Gasteiger partial charge is 0.354 e. The summed E-state index contributed by atoms with van der Waals surface area (Å²) < 4.78 is 13.7. The summed E-state index contributed by atoms with van der Waals surface area (Å²) in [7, 11) is 0. The maximum absolute atomic E-state index is 13.7. The molecule has 18 heavy (non-hydrogen) atoms. The van der Waals surface area contributed by atoms with E-state index in [-0.39, 0.29) is 11.1 Å². The van der Waals surface area contributed by atoms with E-state index in [9.17, 15) is 4.39 Å². The molecule has 1 aliphatic heterocycles. The van der Waals surface area contributed by atoms with E-state index in [1.54, 1.807) is 0 Å². The van der Waals surface area contributed by atoms with Gasteiger partial charge in [0.15, 0.2) is 11.6 Å². The number of halogens is 2. The van der Waals surface area contributed by atoms with Crippen molar-refractivity contribution >= 4 is 17.4 Å². The summed E-state index contributed by atoms with van der Waals surface area (Å²) in [5, 5.41) is 0.118. The summed E-state index contributed by atoms with van der Waals surface area (Å²) in [6.45, 7) is 1.76. The Morgan fingerprint density at radius 2 is 1.83 bits per heavy atom. The van der Waals surface area contributed by atoms with Gasteiger partial charge in [0, 0.05) is 13.1 Å². The SMILES string of the molecule is Fc1cnc(Cl)nc1N1CCC2(CCCC2)CC1. The van der Waals surface area contributed by atoms with Crippen molar-refractivity contribution in [2.75, 3.05) is 18.0 Å². The van der Waals surface area contributed by atoms with E-state index in [1.807, 2.05) is 4.90 Å². The highest BCUT2D eigenvalue weighted by molar-refractivity contribution is 6.28. The summed E-state index contributed by atoms with van der Waals surface area (Å²) >= 11 is 5.74. The first-order valence-corrected chi connectivity index (χ1v) is 6.99. The average Bonchev–Trinajstić information content (AvgIpc) is 2.82. The molecule has 1 saturated heterocycles. The molecule has 2 heterocycles. The zero-order chi connectivity index (χ0) is 12.6. The molecule has 0 N–H and O–H groups in total. The summed E-state index contributed by atoms with van der Waals surface area (Å²) in [5.74, 6) is -0.00961. The second kappa shape index (κ2) is 4.65. The van der Waals surface area contributed by atoms with Gasteiger partial charge in [0.2, 0.25) is 5.28 Å². The molecule has 2 fully saturated rings. The molecular weight excluding hydrogens is 253 g/mol. The van der Waals surface area contributed by atoms with Gasteiger partial charge in [0.25, 0.3) is 0 Å². The maximum Gasteiger partial charge on any atom is 0.224 e. The Hall–Kier alpha value is -0.900. The van der Waals surface area contributed by atoms with Crippen LogP contribution in [0.2, 0.25) is 5.28 Å². The van der Waals surface area contributed by atoms with Crippen LogP contribution >= 0.6 is 11.6 Å². The van der Waals surface area contributed by atoms with Crippen LogP contribution in [-0.4, -0.2) is 23.1 Å². The highest BCUT2D eigenvalue weighted by Gasteiger charge is 2.37. The molecule has 5 heteroatoms. The van der Waals surface area contributed by atoms with Crippen molar-refractivity contribution in [1.82, 2.24) is 9.97 Å². The number of hydrogen-bond acceptors (Lipinski definition) is 3. The second-order valence-corrected chi connectivity index (χ2v) is 5.84. The Kier molecular flexibility index (Phi) is 3.14. The van der Waals surface area contributed by atoms with E-state index in [0.29, 0.717) is 11.2 Å². The molecule has 0 unspecified atom stereocenters. The first kappa shape index (κ1) is 12.2. The molecule has 0 amide bonds. The molecule has 98 valence electrons. The van der Waals surface area contributed by atoms with Crippen molar-refractivity contribution in [1.29, 1.82) is 0 Å². The summed E-state index contributed by atoms with van der Waals surface area (Å²) in [6, 6.07) is 0. The predicted molar refractivity (Wildman–Crippen MR) is 69.3 cm³/mol. The standard InChI is InChI=1S/C13H17ClFN3/c14-12-16-9-10(15)11(17-12)18-7-5-13(6-8-18)3-1-2-4-13/h9H,1-8H2. The topological polar surface area (TPSA) is 29.0 Å². The summed E-state index contributed by atoms with van der Waals surface area (Å²) in [6.07, 6.45) is 8.84. The van der Waals surface area contributed by atoms with Crippen LogP contribution in [0.3, 0.4) is 0 Å². The maximum atomic E-state index is 13.7. The Morgan fingerprint density at radius 1 is 1.17 bits per heavy atom. The fraction of sp³-hybridized carbons (Fsp3) is 0.692. The highest BCUT2D eigenvalue weighted by Crippen LogP contribution is 2.46. The number of nitrogens with zero attached hydrogens (tertiary/aromatic N) is 3. The normalized spacial score (nSPS) is 22.7. The molecule has 1 aromatic heterocycles. The molecule has 0 bridgehead atoms. The number of rotatable bonds is 1. The Bertz CT molecular complexity index is 436. The quantitative estimate of drug-likeness (QED) is 0.732. The van der Waals surface area contributed by atoms with Crippen LogP contribution in [0.5, 0.6) is 0 Å². The van der Waals surface area contributed by atoms with Crippen molar-refractivity contribution < 1.29 is 4.39 Å². The van der Waals surface area contributed by atoms with Gasteiger partial charge in [-0.05, 0) is 42.7 Å². The van der Waals surface area contributed by atoms with E-state index in [0.717, 1.165) is 32.1 Å². The average molecular weight is 270 g/mol. The molecule has 0 radical (unpaired) electrons. The van der Waals surface area contributed by atoms with Gasteiger partial charge in [-0.25, -0.2) is 9.37 Å². The van der Waals surface area contributed by atoms with Crippen LogP contribution in [0, 0.1) is 11.2 Å². The molecule has 0 atom stereocenters. The van der Waals surface area contributed by atoms with Crippen molar-refractivity contribution in [3.8, 4) is 0 Å². The van der Waals surface area contributed by atoms with Crippen LogP contribution in [0.15, 0.2) is 6.20 Å². The van der Waals surface area contributed by atoms with Crippen molar-refractivity contribution in [2.45, 2.75) is 38.5 Å². The van der Waals surface area contributed by atoms with Crippen LogP contribution in [-0.2, 0) is 0 Å². The van der Waals surface area contributed by atoms with E-state index < -0.39 is 0 Å². The first-order valence-electron chi connectivity index (χ1n) is 6.62. The molecule has 1 aliphatic carbocycles. The van der Waals surface area contributed by atoms with Gasteiger partial charge in [-0.2, -0.15) is 4.98 Å². The van der Waals surface area contributed by atoms with Crippen molar-refractivity contribution in [3.63, 3.8) is 0 Å². The third-order valence-electron chi connectivity index (χ3n) is 4.48. The van der Waals surface area contributed by atoms with Crippen molar-refractivity contribution in [2.24, 2.45) is 5.41 Å². The molecule has 0 aromatic carbocycles. The van der Waals surface area contributed by atoms with Gasteiger partial charge in [0.05, 0.1) is 6.20 Å². The minimum absolute atomic E-state index is 0.118. The lowest BCUT2D eigenvalue weighted by Gasteiger charge is -2.39. The van der Waals surface area contributed by atoms with E-state index in [1.165, 1.54) is 25.7 Å².